The molecule has 0 unspecified atom stereocenters. The molecule has 0 saturated heterocycles. The molecule has 3 aromatic rings. The summed E-state index contributed by atoms with van der Waals surface area (Å²) in [4.78, 5) is 28.5. The molecule has 152 valence electrons. The van der Waals surface area contributed by atoms with Crippen molar-refractivity contribution in [3.05, 3.63) is 58.5 Å². The molecule has 1 aromatic carbocycles. The fraction of sp³-hybridized carbons (Fsp3) is 0.333. The topological polar surface area (TPSA) is 97.6 Å². The number of nitrogens with zero attached hydrogens (tertiary/aromatic N) is 3. The Labute approximate surface area is 169 Å². The number of fused-ring (bicyclic) bond motifs is 1. The summed E-state index contributed by atoms with van der Waals surface area (Å²) in [6, 6.07) is 9.32. The third-order valence-electron chi connectivity index (χ3n) is 4.59. The molecule has 2 amide bonds. The minimum Gasteiger partial charge on any atom is -0.484 e. The van der Waals surface area contributed by atoms with Crippen LogP contribution in [0, 0.1) is 27.7 Å². The zero-order valence-corrected chi connectivity index (χ0v) is 17.1. The number of nitrogens with one attached hydrogen (secondary N) is 2. The first-order valence-corrected chi connectivity index (χ1v) is 9.43. The highest BCUT2D eigenvalue weighted by molar-refractivity contribution is 5.82. The lowest BCUT2D eigenvalue weighted by molar-refractivity contribution is -0.130. The van der Waals surface area contributed by atoms with Crippen LogP contribution in [0.5, 0.6) is 5.75 Å². The van der Waals surface area contributed by atoms with Gasteiger partial charge in [0.15, 0.2) is 12.3 Å². The smallest absolute Gasteiger partial charge is 0.276 e. The number of hydrazine groups is 1. The van der Waals surface area contributed by atoms with Crippen molar-refractivity contribution in [3.63, 3.8) is 0 Å². The van der Waals surface area contributed by atoms with Gasteiger partial charge < -0.3 is 4.74 Å². The van der Waals surface area contributed by atoms with Crippen LogP contribution in [0.4, 0.5) is 0 Å². The van der Waals surface area contributed by atoms with Gasteiger partial charge in [0, 0.05) is 23.9 Å². The summed E-state index contributed by atoms with van der Waals surface area (Å²) in [7, 11) is 0. The Morgan fingerprint density at radius 2 is 1.83 bits per heavy atom. The van der Waals surface area contributed by atoms with Crippen molar-refractivity contribution in [1.29, 1.82) is 0 Å². The Hall–Kier alpha value is -3.42. The summed E-state index contributed by atoms with van der Waals surface area (Å²) in [6.07, 6.45) is 0.717. The Morgan fingerprint density at radius 1 is 1.07 bits per heavy atom. The maximum absolute atomic E-state index is 12.1. The number of aryl methyl sites for hydroxylation is 4. The molecule has 3 rings (SSSR count). The van der Waals surface area contributed by atoms with Crippen LogP contribution in [0.2, 0.25) is 0 Å². The van der Waals surface area contributed by atoms with Crippen LogP contribution in [0.15, 0.2) is 30.3 Å². The molecule has 29 heavy (non-hydrogen) atoms. The second-order valence-electron chi connectivity index (χ2n) is 7.02. The van der Waals surface area contributed by atoms with Crippen LogP contribution in [-0.4, -0.2) is 33.0 Å². The summed E-state index contributed by atoms with van der Waals surface area (Å²) in [6.45, 7) is 7.57. The van der Waals surface area contributed by atoms with E-state index in [9.17, 15) is 9.59 Å². The normalized spacial score (nSPS) is 10.8. The van der Waals surface area contributed by atoms with Gasteiger partial charge in [0.05, 0.1) is 5.69 Å². The maximum atomic E-state index is 12.1. The average Bonchev–Trinajstić information content (AvgIpc) is 3.05. The summed E-state index contributed by atoms with van der Waals surface area (Å²) in [5.74, 6) is -0.110. The minimum atomic E-state index is -0.428. The highest BCUT2D eigenvalue weighted by Crippen LogP contribution is 2.17. The van der Waals surface area contributed by atoms with Crippen LogP contribution in [0.1, 0.15) is 34.6 Å². The van der Waals surface area contributed by atoms with Crippen molar-refractivity contribution in [1.82, 2.24) is 25.4 Å². The van der Waals surface area contributed by atoms with Crippen LogP contribution < -0.4 is 15.6 Å². The molecule has 0 radical (unpaired) electrons. The highest BCUT2D eigenvalue weighted by atomic mass is 16.5. The molecule has 0 aliphatic carbocycles. The number of hydrogen-bond donors (Lipinski definition) is 2. The first-order valence-electron chi connectivity index (χ1n) is 9.43. The number of rotatable bonds is 6. The van der Waals surface area contributed by atoms with Gasteiger partial charge in [-0.1, -0.05) is 12.1 Å². The van der Waals surface area contributed by atoms with E-state index < -0.39 is 5.91 Å². The Balaban J connectivity index is 1.48. The van der Waals surface area contributed by atoms with Crippen molar-refractivity contribution < 1.29 is 14.3 Å². The Morgan fingerprint density at radius 3 is 2.59 bits per heavy atom. The fourth-order valence-electron chi connectivity index (χ4n) is 3.13. The molecule has 0 bridgehead atoms. The predicted molar refractivity (Wildman–Crippen MR) is 108 cm³/mol. The number of amides is 2. The van der Waals surface area contributed by atoms with Crippen molar-refractivity contribution in [3.8, 4) is 5.75 Å². The molecule has 0 aliphatic rings. The SMILES string of the molecule is Cc1cccc(OCC(=O)NNC(=O)CCc2c(C)nc3cc(C)nn3c2C)c1. The van der Waals surface area contributed by atoms with E-state index in [0.717, 1.165) is 33.9 Å². The summed E-state index contributed by atoms with van der Waals surface area (Å²) in [5.41, 5.74) is 10.3. The molecule has 8 nitrogen and oxygen atoms in total. The third kappa shape index (κ3) is 5.10. The van der Waals surface area contributed by atoms with E-state index in [1.807, 2.05) is 52.0 Å². The van der Waals surface area contributed by atoms with Gasteiger partial charge >= 0.3 is 0 Å². The standard InChI is InChI=1S/C21H25N5O3/c1-13-6-5-7-17(10-13)29-12-21(28)24-23-20(27)9-8-18-15(3)22-19-11-14(2)25-26(19)16(18)4/h5-7,10-11H,8-9,12H2,1-4H3,(H,23,27)(H,24,28). The van der Waals surface area contributed by atoms with Crippen molar-refractivity contribution in [2.75, 3.05) is 6.61 Å². The van der Waals surface area contributed by atoms with Crippen molar-refractivity contribution in [2.24, 2.45) is 0 Å². The quantitative estimate of drug-likeness (QED) is 0.623. The van der Waals surface area contributed by atoms with E-state index in [0.29, 0.717) is 12.2 Å². The molecular formula is C21H25N5O3. The average molecular weight is 395 g/mol. The molecule has 0 atom stereocenters. The van der Waals surface area contributed by atoms with Gasteiger partial charge in [0.2, 0.25) is 5.91 Å². The van der Waals surface area contributed by atoms with Crippen LogP contribution >= 0.6 is 0 Å². The molecular weight excluding hydrogens is 370 g/mol. The number of carbonyl (C=O) groups is 2. The molecule has 2 N–H and O–H groups in total. The van der Waals surface area contributed by atoms with E-state index in [-0.39, 0.29) is 18.9 Å². The number of hydrogen-bond acceptors (Lipinski definition) is 5. The second kappa shape index (κ2) is 8.72. The lowest BCUT2D eigenvalue weighted by Crippen LogP contribution is -2.43. The molecule has 0 fully saturated rings. The van der Waals surface area contributed by atoms with Gasteiger partial charge in [-0.25, -0.2) is 9.50 Å². The summed E-state index contributed by atoms with van der Waals surface area (Å²) in [5, 5.41) is 4.43. The molecule has 0 aliphatic heterocycles. The van der Waals surface area contributed by atoms with Crippen LogP contribution in [0.3, 0.4) is 0 Å². The summed E-state index contributed by atoms with van der Waals surface area (Å²) < 4.78 is 7.19. The van der Waals surface area contributed by atoms with E-state index in [1.54, 1.807) is 10.6 Å². The lowest BCUT2D eigenvalue weighted by Gasteiger charge is -2.12. The van der Waals surface area contributed by atoms with Gasteiger partial charge in [0.1, 0.15) is 5.75 Å². The Bertz CT molecular complexity index is 1060. The van der Waals surface area contributed by atoms with Gasteiger partial charge in [-0.2, -0.15) is 5.10 Å². The summed E-state index contributed by atoms with van der Waals surface area (Å²) >= 11 is 0. The minimum absolute atomic E-state index is 0.179. The first-order chi connectivity index (χ1) is 13.8. The molecule has 2 heterocycles. The monoisotopic (exact) mass is 395 g/mol. The van der Waals surface area contributed by atoms with E-state index >= 15 is 0 Å². The van der Waals surface area contributed by atoms with E-state index in [4.69, 9.17) is 4.74 Å². The van der Waals surface area contributed by atoms with E-state index in [2.05, 4.69) is 20.9 Å². The number of aromatic nitrogens is 3. The van der Waals surface area contributed by atoms with Crippen molar-refractivity contribution >= 4 is 17.5 Å². The zero-order valence-electron chi connectivity index (χ0n) is 17.1. The fourth-order valence-corrected chi connectivity index (χ4v) is 3.13. The molecule has 2 aromatic heterocycles. The van der Waals surface area contributed by atoms with Gasteiger partial charge in [0.25, 0.3) is 5.91 Å². The number of carbonyl (C=O) groups excluding carboxylic acids is 2. The maximum Gasteiger partial charge on any atom is 0.276 e. The van der Waals surface area contributed by atoms with Gasteiger partial charge in [-0.15, -0.1) is 0 Å². The highest BCUT2D eigenvalue weighted by Gasteiger charge is 2.13. The molecule has 8 heteroatoms. The van der Waals surface area contributed by atoms with Crippen molar-refractivity contribution in [2.45, 2.75) is 40.5 Å². The van der Waals surface area contributed by atoms with E-state index in [1.165, 1.54) is 0 Å². The number of ether oxygens (including phenoxy) is 1. The largest absolute Gasteiger partial charge is 0.484 e. The first kappa shape index (κ1) is 20.3. The Kier molecular flexibility index (Phi) is 6.11. The lowest BCUT2D eigenvalue weighted by atomic mass is 10.1. The van der Waals surface area contributed by atoms with Crippen LogP contribution in [-0.2, 0) is 16.0 Å². The molecule has 0 saturated carbocycles. The number of benzene rings is 1. The zero-order chi connectivity index (χ0) is 21.0. The predicted octanol–water partition coefficient (Wildman–Crippen LogP) is 2.12. The van der Waals surface area contributed by atoms with Gasteiger partial charge in [-0.3, -0.25) is 20.4 Å². The second-order valence-corrected chi connectivity index (χ2v) is 7.02. The third-order valence-corrected chi connectivity index (χ3v) is 4.59. The van der Waals surface area contributed by atoms with Gasteiger partial charge in [-0.05, 0) is 57.4 Å². The van der Waals surface area contributed by atoms with Crippen LogP contribution in [0.25, 0.3) is 5.65 Å². The molecule has 0 spiro atoms.